The SMILES string of the molecule is Cn1cc(CNc2nccs2)cc1C#N. The molecule has 15 heavy (non-hydrogen) atoms. The molecule has 0 fully saturated rings. The smallest absolute Gasteiger partial charge is 0.182 e. The molecule has 2 heterocycles. The average Bonchev–Trinajstić information content (AvgIpc) is 2.83. The lowest BCUT2D eigenvalue weighted by Crippen LogP contribution is -1.97. The Morgan fingerprint density at radius 2 is 2.53 bits per heavy atom. The summed E-state index contributed by atoms with van der Waals surface area (Å²) in [6.07, 6.45) is 3.71. The summed E-state index contributed by atoms with van der Waals surface area (Å²) in [6.45, 7) is 0.697. The van der Waals surface area contributed by atoms with E-state index < -0.39 is 0 Å². The molecule has 2 rings (SSSR count). The van der Waals surface area contributed by atoms with Crippen LogP contribution in [0.15, 0.2) is 23.8 Å². The summed E-state index contributed by atoms with van der Waals surface area (Å²) >= 11 is 1.56. The first-order valence-electron chi connectivity index (χ1n) is 4.48. The maximum atomic E-state index is 8.78. The number of nitriles is 1. The molecule has 1 N–H and O–H groups in total. The van der Waals surface area contributed by atoms with Gasteiger partial charge in [0.15, 0.2) is 5.13 Å². The van der Waals surface area contributed by atoms with Crippen LogP contribution in [0.5, 0.6) is 0 Å². The van der Waals surface area contributed by atoms with Gasteiger partial charge < -0.3 is 9.88 Å². The standard InChI is InChI=1S/C10H10N4S/c1-14-7-8(4-9(14)5-11)6-13-10-12-2-3-15-10/h2-4,7H,6H2,1H3,(H,12,13). The van der Waals surface area contributed by atoms with E-state index in [0.717, 1.165) is 10.7 Å². The predicted octanol–water partition coefficient (Wildman–Crippen LogP) is 1.97. The Hall–Kier alpha value is -1.80. The molecular formula is C10H10N4S. The molecule has 5 heteroatoms. The number of anilines is 1. The fourth-order valence-corrected chi connectivity index (χ4v) is 1.86. The summed E-state index contributed by atoms with van der Waals surface area (Å²) in [5.41, 5.74) is 1.76. The number of aryl methyl sites for hydroxylation is 1. The zero-order chi connectivity index (χ0) is 10.7. The third-order valence-electron chi connectivity index (χ3n) is 2.05. The van der Waals surface area contributed by atoms with Crippen molar-refractivity contribution in [2.45, 2.75) is 6.54 Å². The number of hydrogen-bond acceptors (Lipinski definition) is 4. The summed E-state index contributed by atoms with van der Waals surface area (Å²) in [7, 11) is 1.87. The van der Waals surface area contributed by atoms with Gasteiger partial charge in [-0.25, -0.2) is 4.98 Å². The summed E-state index contributed by atoms with van der Waals surface area (Å²) in [5, 5.41) is 14.8. The van der Waals surface area contributed by atoms with Crippen LogP contribution in [0.3, 0.4) is 0 Å². The molecule has 4 nitrogen and oxygen atoms in total. The minimum Gasteiger partial charge on any atom is -0.357 e. The van der Waals surface area contributed by atoms with Crippen LogP contribution in [0.25, 0.3) is 0 Å². The van der Waals surface area contributed by atoms with E-state index in [0.29, 0.717) is 12.2 Å². The van der Waals surface area contributed by atoms with Gasteiger partial charge in [-0.1, -0.05) is 0 Å². The highest BCUT2D eigenvalue weighted by atomic mass is 32.1. The Bertz CT molecular complexity index is 478. The maximum Gasteiger partial charge on any atom is 0.182 e. The molecule has 0 saturated heterocycles. The van der Waals surface area contributed by atoms with Crippen molar-refractivity contribution in [2.24, 2.45) is 7.05 Å². The van der Waals surface area contributed by atoms with Crippen molar-refractivity contribution in [3.05, 3.63) is 35.1 Å². The molecule has 0 aromatic carbocycles. The Balaban J connectivity index is 2.03. The summed E-state index contributed by atoms with van der Waals surface area (Å²) in [6, 6.07) is 4.01. The van der Waals surface area contributed by atoms with Crippen LogP contribution in [0.1, 0.15) is 11.3 Å². The van der Waals surface area contributed by atoms with E-state index in [1.54, 1.807) is 17.5 Å². The predicted molar refractivity (Wildman–Crippen MR) is 59.6 cm³/mol. The summed E-state index contributed by atoms with van der Waals surface area (Å²) in [4.78, 5) is 4.12. The fourth-order valence-electron chi connectivity index (χ4n) is 1.33. The van der Waals surface area contributed by atoms with E-state index in [2.05, 4.69) is 16.4 Å². The number of thiazole rings is 1. The van der Waals surface area contributed by atoms with Crippen molar-refractivity contribution in [1.82, 2.24) is 9.55 Å². The molecule has 0 atom stereocenters. The number of nitrogens with one attached hydrogen (secondary N) is 1. The van der Waals surface area contributed by atoms with E-state index >= 15 is 0 Å². The molecule has 0 aliphatic heterocycles. The lowest BCUT2D eigenvalue weighted by Gasteiger charge is -1.98. The van der Waals surface area contributed by atoms with Gasteiger partial charge in [-0.2, -0.15) is 5.26 Å². The molecule has 76 valence electrons. The van der Waals surface area contributed by atoms with Crippen LogP contribution < -0.4 is 5.32 Å². The normalized spacial score (nSPS) is 9.87. The number of nitrogens with zero attached hydrogens (tertiary/aromatic N) is 3. The number of hydrogen-bond donors (Lipinski definition) is 1. The van der Waals surface area contributed by atoms with Gasteiger partial charge in [0.2, 0.25) is 0 Å². The molecule has 2 aromatic heterocycles. The van der Waals surface area contributed by atoms with Crippen molar-refractivity contribution in [2.75, 3.05) is 5.32 Å². The minimum atomic E-state index is 0.672. The maximum absolute atomic E-state index is 8.78. The van der Waals surface area contributed by atoms with Crippen molar-refractivity contribution in [3.63, 3.8) is 0 Å². The molecular weight excluding hydrogens is 208 g/mol. The van der Waals surface area contributed by atoms with E-state index in [1.165, 1.54) is 0 Å². The van der Waals surface area contributed by atoms with Crippen LogP contribution in [0, 0.1) is 11.3 Å². The quantitative estimate of drug-likeness (QED) is 0.856. The van der Waals surface area contributed by atoms with Crippen molar-refractivity contribution >= 4 is 16.5 Å². The lowest BCUT2D eigenvalue weighted by atomic mass is 10.3. The molecule has 0 unspecified atom stereocenters. The molecule has 0 amide bonds. The summed E-state index contributed by atoms with van der Waals surface area (Å²) in [5.74, 6) is 0. The second kappa shape index (κ2) is 4.15. The monoisotopic (exact) mass is 218 g/mol. The van der Waals surface area contributed by atoms with E-state index in [-0.39, 0.29) is 0 Å². The van der Waals surface area contributed by atoms with Crippen LogP contribution in [0.4, 0.5) is 5.13 Å². The highest BCUT2D eigenvalue weighted by molar-refractivity contribution is 7.13. The highest BCUT2D eigenvalue weighted by Crippen LogP contribution is 2.13. The third kappa shape index (κ3) is 2.17. The minimum absolute atomic E-state index is 0.672. The Kier molecular flexibility index (Phi) is 2.70. The second-order valence-electron chi connectivity index (χ2n) is 3.15. The van der Waals surface area contributed by atoms with Crippen molar-refractivity contribution in [1.29, 1.82) is 5.26 Å². The molecule has 0 aliphatic rings. The van der Waals surface area contributed by atoms with Gasteiger partial charge in [-0.15, -0.1) is 11.3 Å². The Labute approximate surface area is 91.8 Å². The zero-order valence-corrected chi connectivity index (χ0v) is 9.08. The molecule has 0 aliphatic carbocycles. The molecule has 2 aromatic rings. The van der Waals surface area contributed by atoms with Crippen molar-refractivity contribution in [3.8, 4) is 6.07 Å². The number of rotatable bonds is 3. The first-order valence-corrected chi connectivity index (χ1v) is 5.36. The molecule has 0 bridgehead atoms. The van der Waals surface area contributed by atoms with Crippen LogP contribution >= 0.6 is 11.3 Å². The van der Waals surface area contributed by atoms with Gasteiger partial charge in [-0.3, -0.25) is 0 Å². The van der Waals surface area contributed by atoms with E-state index in [4.69, 9.17) is 5.26 Å². The van der Waals surface area contributed by atoms with E-state index in [9.17, 15) is 0 Å². The van der Waals surface area contributed by atoms with Crippen LogP contribution in [0.2, 0.25) is 0 Å². The Morgan fingerprint density at radius 1 is 1.67 bits per heavy atom. The second-order valence-corrected chi connectivity index (χ2v) is 4.04. The topological polar surface area (TPSA) is 53.6 Å². The molecule has 0 radical (unpaired) electrons. The van der Waals surface area contributed by atoms with Gasteiger partial charge in [0, 0.05) is 31.4 Å². The molecule has 0 spiro atoms. The lowest BCUT2D eigenvalue weighted by molar-refractivity contribution is 0.902. The van der Waals surface area contributed by atoms with Crippen LogP contribution in [-0.2, 0) is 13.6 Å². The first-order chi connectivity index (χ1) is 7.29. The fraction of sp³-hybridized carbons (Fsp3) is 0.200. The zero-order valence-electron chi connectivity index (χ0n) is 8.27. The van der Waals surface area contributed by atoms with Crippen LogP contribution in [-0.4, -0.2) is 9.55 Å². The number of aromatic nitrogens is 2. The van der Waals surface area contributed by atoms with Crippen molar-refractivity contribution < 1.29 is 0 Å². The van der Waals surface area contributed by atoms with Gasteiger partial charge in [0.25, 0.3) is 0 Å². The first kappa shape index (κ1) is 9.74. The highest BCUT2D eigenvalue weighted by Gasteiger charge is 2.02. The Morgan fingerprint density at radius 3 is 3.13 bits per heavy atom. The largest absolute Gasteiger partial charge is 0.357 e. The van der Waals surface area contributed by atoms with Gasteiger partial charge >= 0.3 is 0 Å². The molecule has 0 saturated carbocycles. The third-order valence-corrected chi connectivity index (χ3v) is 2.78. The van der Waals surface area contributed by atoms with E-state index in [1.807, 2.05) is 29.3 Å². The van der Waals surface area contributed by atoms with Gasteiger partial charge in [0.1, 0.15) is 11.8 Å². The summed E-state index contributed by atoms with van der Waals surface area (Å²) < 4.78 is 1.82. The average molecular weight is 218 g/mol. The van der Waals surface area contributed by atoms with Gasteiger partial charge in [-0.05, 0) is 11.6 Å². The van der Waals surface area contributed by atoms with Gasteiger partial charge in [0.05, 0.1) is 0 Å².